The lowest BCUT2D eigenvalue weighted by Crippen LogP contribution is -2.31. The Hall–Kier alpha value is -2.72. The summed E-state index contributed by atoms with van der Waals surface area (Å²) >= 11 is 0. The number of rotatable bonds is 6. The second-order valence-electron chi connectivity index (χ2n) is 7.20. The third kappa shape index (κ3) is 4.65. The summed E-state index contributed by atoms with van der Waals surface area (Å²) in [6.45, 7) is 0.993. The maximum Gasteiger partial charge on any atom is 0.253 e. The third-order valence-electron chi connectivity index (χ3n) is 4.66. The van der Waals surface area contributed by atoms with Gasteiger partial charge in [0.25, 0.3) is 5.91 Å². The van der Waals surface area contributed by atoms with E-state index >= 15 is 0 Å². The van der Waals surface area contributed by atoms with Gasteiger partial charge in [0.05, 0.1) is 23.8 Å². The molecule has 1 fully saturated rings. The Morgan fingerprint density at radius 2 is 1.83 bits per heavy atom. The van der Waals surface area contributed by atoms with Crippen LogP contribution in [0.5, 0.6) is 5.88 Å². The van der Waals surface area contributed by atoms with E-state index in [-0.39, 0.29) is 16.9 Å². The first-order chi connectivity index (χ1) is 13.7. The first-order valence-corrected chi connectivity index (χ1v) is 10.6. The van der Waals surface area contributed by atoms with Gasteiger partial charge in [0.1, 0.15) is 6.10 Å². The Balaban J connectivity index is 1.64. The molecule has 1 atom stereocenters. The second-order valence-corrected chi connectivity index (χ2v) is 9.35. The molecule has 2 aromatic rings. The summed E-state index contributed by atoms with van der Waals surface area (Å²) in [5.74, 6) is 0.966. The van der Waals surface area contributed by atoms with Gasteiger partial charge in [-0.3, -0.25) is 9.78 Å². The summed E-state index contributed by atoms with van der Waals surface area (Å²) in [5, 5.41) is 0. The summed E-state index contributed by atoms with van der Waals surface area (Å²) < 4.78 is 31.3. The molecule has 0 bridgehead atoms. The number of sulfonamides is 1. The van der Waals surface area contributed by atoms with E-state index in [0.717, 1.165) is 4.31 Å². The molecule has 1 aliphatic rings. The fourth-order valence-electron chi connectivity index (χ4n) is 2.95. The molecule has 1 aromatic carbocycles. The Labute approximate surface area is 171 Å². The maximum absolute atomic E-state index is 12.8. The fraction of sp³-hybridized carbons (Fsp3) is 0.421. The van der Waals surface area contributed by atoms with Crippen LogP contribution in [0.2, 0.25) is 0 Å². The number of aromatic nitrogens is 2. The first-order valence-electron chi connectivity index (χ1n) is 9.16. The van der Waals surface area contributed by atoms with Crippen LogP contribution in [0.15, 0.2) is 41.6 Å². The number of hydrogen-bond acceptors (Lipinski definition) is 7. The molecule has 1 unspecified atom stereocenters. The number of amides is 1. The number of ether oxygens (including phenoxy) is 1. The number of carbonyl (C=O) groups excluding carboxylic acids is 1. The number of hydrogen-bond donors (Lipinski definition) is 0. The van der Waals surface area contributed by atoms with Crippen molar-refractivity contribution < 1.29 is 17.9 Å². The van der Waals surface area contributed by atoms with Gasteiger partial charge in [0, 0.05) is 46.7 Å². The molecule has 1 saturated heterocycles. The first kappa shape index (κ1) is 21.0. The van der Waals surface area contributed by atoms with Crippen LogP contribution < -0.4 is 9.64 Å². The number of benzene rings is 1. The molecule has 10 heteroatoms. The molecule has 0 N–H and O–H groups in total. The van der Waals surface area contributed by atoms with Gasteiger partial charge in [0.15, 0.2) is 5.82 Å². The van der Waals surface area contributed by atoms with Gasteiger partial charge >= 0.3 is 0 Å². The van der Waals surface area contributed by atoms with E-state index in [1.807, 2.05) is 19.0 Å². The van der Waals surface area contributed by atoms with Crippen molar-refractivity contribution in [2.24, 2.45) is 0 Å². The Kier molecular flexibility index (Phi) is 6.04. The molecule has 0 radical (unpaired) electrons. The van der Waals surface area contributed by atoms with Crippen LogP contribution >= 0.6 is 0 Å². The van der Waals surface area contributed by atoms with Crippen LogP contribution in [-0.4, -0.2) is 80.9 Å². The van der Waals surface area contributed by atoms with Crippen molar-refractivity contribution in [2.45, 2.75) is 17.4 Å². The Bertz CT molecular complexity index is 976. The van der Waals surface area contributed by atoms with Crippen LogP contribution in [0.4, 0.5) is 5.82 Å². The fourth-order valence-corrected chi connectivity index (χ4v) is 3.85. The summed E-state index contributed by atoms with van der Waals surface area (Å²) in [5.41, 5.74) is 0.442. The minimum absolute atomic E-state index is 0.154. The molecule has 0 aliphatic carbocycles. The highest BCUT2D eigenvalue weighted by Crippen LogP contribution is 2.21. The van der Waals surface area contributed by atoms with Crippen LogP contribution in [0.1, 0.15) is 16.8 Å². The highest BCUT2D eigenvalue weighted by Gasteiger charge is 2.29. The van der Waals surface area contributed by atoms with Crippen LogP contribution in [0.25, 0.3) is 0 Å². The van der Waals surface area contributed by atoms with E-state index in [2.05, 4.69) is 9.97 Å². The van der Waals surface area contributed by atoms with E-state index in [1.54, 1.807) is 29.4 Å². The zero-order chi connectivity index (χ0) is 21.2. The van der Waals surface area contributed by atoms with E-state index < -0.39 is 10.0 Å². The maximum atomic E-state index is 12.8. The van der Waals surface area contributed by atoms with Crippen LogP contribution in [-0.2, 0) is 10.0 Å². The van der Waals surface area contributed by atoms with Gasteiger partial charge < -0.3 is 14.5 Å². The zero-order valence-electron chi connectivity index (χ0n) is 16.9. The Morgan fingerprint density at radius 3 is 2.45 bits per heavy atom. The van der Waals surface area contributed by atoms with Crippen molar-refractivity contribution in [3.05, 3.63) is 42.2 Å². The monoisotopic (exact) mass is 419 g/mol. The van der Waals surface area contributed by atoms with Gasteiger partial charge in [-0.05, 0) is 24.3 Å². The van der Waals surface area contributed by atoms with Crippen molar-refractivity contribution >= 4 is 21.7 Å². The highest BCUT2D eigenvalue weighted by atomic mass is 32.2. The van der Waals surface area contributed by atoms with Crippen molar-refractivity contribution in [1.29, 1.82) is 0 Å². The van der Waals surface area contributed by atoms with Crippen LogP contribution in [0, 0.1) is 0 Å². The van der Waals surface area contributed by atoms with E-state index in [0.29, 0.717) is 36.8 Å². The number of carbonyl (C=O) groups is 1. The second kappa shape index (κ2) is 8.34. The molecular formula is C19H25N5O4S. The largest absolute Gasteiger partial charge is 0.471 e. The number of nitrogens with zero attached hydrogens (tertiary/aromatic N) is 5. The summed E-state index contributed by atoms with van der Waals surface area (Å²) in [6, 6.07) is 5.99. The lowest BCUT2D eigenvalue weighted by Gasteiger charge is -2.18. The van der Waals surface area contributed by atoms with E-state index in [9.17, 15) is 13.2 Å². The summed E-state index contributed by atoms with van der Waals surface area (Å²) in [7, 11) is 3.17. The zero-order valence-corrected chi connectivity index (χ0v) is 17.8. The highest BCUT2D eigenvalue weighted by molar-refractivity contribution is 7.89. The van der Waals surface area contributed by atoms with Gasteiger partial charge in [-0.2, -0.15) is 4.98 Å². The lowest BCUT2D eigenvalue weighted by atomic mass is 10.2. The van der Waals surface area contributed by atoms with Crippen LogP contribution in [0.3, 0.4) is 0 Å². The van der Waals surface area contributed by atoms with Crippen molar-refractivity contribution in [3.8, 4) is 5.88 Å². The molecule has 1 aliphatic heterocycles. The lowest BCUT2D eigenvalue weighted by molar-refractivity contribution is 0.0771. The molecule has 156 valence electrons. The van der Waals surface area contributed by atoms with Crippen molar-refractivity contribution in [1.82, 2.24) is 19.2 Å². The molecule has 2 heterocycles. The average molecular weight is 420 g/mol. The average Bonchev–Trinajstić information content (AvgIpc) is 3.16. The normalized spacial score (nSPS) is 16.9. The molecule has 3 rings (SSSR count). The number of likely N-dealkylation sites (tertiary alicyclic amines) is 1. The minimum atomic E-state index is -3.52. The van der Waals surface area contributed by atoms with Gasteiger partial charge in [-0.15, -0.1) is 0 Å². The molecule has 1 amide bonds. The molecule has 29 heavy (non-hydrogen) atoms. The quantitative estimate of drug-likeness (QED) is 0.691. The smallest absolute Gasteiger partial charge is 0.253 e. The van der Waals surface area contributed by atoms with Gasteiger partial charge in [-0.25, -0.2) is 12.7 Å². The summed E-state index contributed by atoms with van der Waals surface area (Å²) in [4.78, 5) is 25.0. The topological polar surface area (TPSA) is 95.9 Å². The molecular weight excluding hydrogens is 394 g/mol. The minimum Gasteiger partial charge on any atom is -0.471 e. The number of anilines is 1. The van der Waals surface area contributed by atoms with Gasteiger partial charge in [-0.1, -0.05) is 0 Å². The van der Waals surface area contributed by atoms with E-state index in [4.69, 9.17) is 4.74 Å². The van der Waals surface area contributed by atoms with E-state index in [1.165, 1.54) is 26.2 Å². The molecule has 0 saturated carbocycles. The predicted molar refractivity (Wildman–Crippen MR) is 109 cm³/mol. The standard InChI is InChI=1S/C19H25N5O4S/c1-22(2)17-11-20-12-18(21-17)28-15-9-10-24(13-15)19(25)14-5-7-16(8-6-14)29(26,27)23(3)4/h5-8,11-12,15H,9-10,13H2,1-4H3. The van der Waals surface area contributed by atoms with Crippen molar-refractivity contribution in [3.63, 3.8) is 0 Å². The Morgan fingerprint density at radius 1 is 1.14 bits per heavy atom. The SMILES string of the molecule is CN(C)c1cncc(OC2CCN(C(=O)c3ccc(S(=O)(=O)N(C)C)cc3)C2)n1. The molecule has 9 nitrogen and oxygen atoms in total. The predicted octanol–water partition coefficient (Wildman–Crippen LogP) is 1.09. The molecule has 0 spiro atoms. The van der Waals surface area contributed by atoms with Gasteiger partial charge in [0.2, 0.25) is 15.9 Å². The third-order valence-corrected chi connectivity index (χ3v) is 6.49. The molecule has 1 aromatic heterocycles. The van der Waals surface area contributed by atoms with Crippen molar-refractivity contribution in [2.75, 3.05) is 46.2 Å². The summed E-state index contributed by atoms with van der Waals surface area (Å²) in [6.07, 6.45) is 3.73.